The Balaban J connectivity index is 0. The molecular formula is C7H9Cl3F3NO5. The summed E-state index contributed by atoms with van der Waals surface area (Å²) in [4.78, 5) is 19.6. The fourth-order valence-corrected chi connectivity index (χ4v) is 0.498. The fraction of sp³-hybridized carbons (Fsp3) is 0.714. The van der Waals surface area contributed by atoms with Gasteiger partial charge in [0.2, 0.25) is 3.79 Å². The number of esters is 1. The van der Waals surface area contributed by atoms with Gasteiger partial charge in [-0.2, -0.15) is 13.2 Å². The van der Waals surface area contributed by atoms with E-state index in [4.69, 9.17) is 55.5 Å². The van der Waals surface area contributed by atoms with Crippen LogP contribution in [0.4, 0.5) is 13.2 Å². The molecule has 6 nitrogen and oxygen atoms in total. The second kappa shape index (κ2) is 8.64. The van der Waals surface area contributed by atoms with Crippen LogP contribution in [-0.4, -0.2) is 51.4 Å². The molecule has 0 rings (SSSR count). The lowest BCUT2D eigenvalue weighted by atomic mass is 10.3. The summed E-state index contributed by atoms with van der Waals surface area (Å²) >= 11 is 15.8. The van der Waals surface area contributed by atoms with Gasteiger partial charge in [-0.25, -0.2) is 4.79 Å². The van der Waals surface area contributed by atoms with Gasteiger partial charge in [-0.05, 0) is 0 Å². The summed E-state index contributed by atoms with van der Waals surface area (Å²) in [6, 6.07) is -1.09. The number of hydrogen-bond acceptors (Lipinski definition) is 5. The molecule has 114 valence electrons. The van der Waals surface area contributed by atoms with E-state index in [1.807, 2.05) is 0 Å². The first-order valence-electron chi connectivity index (χ1n) is 4.21. The Morgan fingerprint density at radius 1 is 1.26 bits per heavy atom. The lowest BCUT2D eigenvalue weighted by Gasteiger charge is -2.13. The van der Waals surface area contributed by atoms with Crippen LogP contribution in [0.3, 0.4) is 0 Å². The Labute approximate surface area is 120 Å². The van der Waals surface area contributed by atoms with Crippen LogP contribution in [0.1, 0.15) is 0 Å². The quantitative estimate of drug-likeness (QED) is 0.514. The average molecular weight is 351 g/mol. The van der Waals surface area contributed by atoms with E-state index in [1.54, 1.807) is 0 Å². The van der Waals surface area contributed by atoms with Gasteiger partial charge in [0.1, 0.15) is 12.6 Å². The highest BCUT2D eigenvalue weighted by Gasteiger charge is 2.38. The zero-order chi connectivity index (χ0) is 15.9. The number of carboxylic acid groups (broad SMARTS) is 1. The number of rotatable bonds is 3. The standard InChI is InChI=1S/C5H8Cl3NO3.C2HF3O2/c6-5(7,8)2-12-4(11)3(9)1-10;3-2(4,5)1(6)7/h3,10H,1-2,9H2;(H,6,7)/t3-;/m0./s1. The van der Waals surface area contributed by atoms with Gasteiger partial charge in [-0.3, -0.25) is 4.79 Å². The van der Waals surface area contributed by atoms with Crippen LogP contribution in [0.2, 0.25) is 0 Å². The zero-order valence-electron chi connectivity index (χ0n) is 8.96. The van der Waals surface area contributed by atoms with Gasteiger partial charge in [0.05, 0.1) is 6.61 Å². The number of halogens is 6. The molecule has 0 radical (unpaired) electrons. The van der Waals surface area contributed by atoms with E-state index < -0.39 is 34.6 Å². The zero-order valence-corrected chi connectivity index (χ0v) is 11.2. The molecular weight excluding hydrogens is 341 g/mol. The lowest BCUT2D eigenvalue weighted by Crippen LogP contribution is -2.37. The predicted octanol–water partition coefficient (Wildman–Crippen LogP) is 0.853. The summed E-state index contributed by atoms with van der Waals surface area (Å²) in [5, 5.41) is 15.5. The molecule has 0 amide bonds. The van der Waals surface area contributed by atoms with Gasteiger partial charge < -0.3 is 20.7 Å². The number of aliphatic carboxylic acids is 1. The number of nitrogens with two attached hydrogens (primary N) is 1. The van der Waals surface area contributed by atoms with Crippen LogP contribution < -0.4 is 5.73 Å². The van der Waals surface area contributed by atoms with Crippen molar-refractivity contribution in [3.63, 3.8) is 0 Å². The third-order valence-electron chi connectivity index (χ3n) is 1.12. The maximum Gasteiger partial charge on any atom is 0.490 e. The van der Waals surface area contributed by atoms with E-state index >= 15 is 0 Å². The lowest BCUT2D eigenvalue weighted by molar-refractivity contribution is -0.192. The van der Waals surface area contributed by atoms with Crippen molar-refractivity contribution < 1.29 is 37.7 Å². The van der Waals surface area contributed by atoms with Crippen molar-refractivity contribution in [3.8, 4) is 0 Å². The van der Waals surface area contributed by atoms with Crippen LogP contribution in [0.15, 0.2) is 0 Å². The Kier molecular flexibility index (Phi) is 9.48. The molecule has 0 aliphatic heterocycles. The topological polar surface area (TPSA) is 110 Å². The Hall–Kier alpha value is -0.480. The summed E-state index contributed by atoms with van der Waals surface area (Å²) in [5.74, 6) is -3.56. The number of aliphatic hydroxyl groups excluding tert-OH is 1. The van der Waals surface area contributed by atoms with E-state index in [0.29, 0.717) is 0 Å². The van der Waals surface area contributed by atoms with Crippen LogP contribution in [0.25, 0.3) is 0 Å². The molecule has 0 spiro atoms. The molecule has 1 atom stereocenters. The average Bonchev–Trinajstić information content (AvgIpc) is 2.23. The molecule has 0 unspecified atom stereocenters. The van der Waals surface area contributed by atoms with E-state index in [9.17, 15) is 18.0 Å². The van der Waals surface area contributed by atoms with Gasteiger partial charge >= 0.3 is 18.1 Å². The van der Waals surface area contributed by atoms with Crippen molar-refractivity contribution in [2.45, 2.75) is 16.0 Å². The second-order valence-corrected chi connectivity index (χ2v) is 5.33. The monoisotopic (exact) mass is 349 g/mol. The molecule has 0 aromatic heterocycles. The molecule has 0 aromatic rings. The molecule has 0 aromatic carbocycles. The highest BCUT2D eigenvalue weighted by Crippen LogP contribution is 2.25. The van der Waals surface area contributed by atoms with Crippen molar-refractivity contribution in [2.75, 3.05) is 13.2 Å². The number of carboxylic acids is 1. The molecule has 0 aliphatic carbocycles. The van der Waals surface area contributed by atoms with Gasteiger partial charge in [0.25, 0.3) is 0 Å². The first-order valence-corrected chi connectivity index (χ1v) is 5.34. The molecule has 12 heteroatoms. The third-order valence-corrected chi connectivity index (χ3v) is 1.45. The van der Waals surface area contributed by atoms with Crippen molar-refractivity contribution in [3.05, 3.63) is 0 Å². The molecule has 0 heterocycles. The highest BCUT2D eigenvalue weighted by atomic mass is 35.6. The van der Waals surface area contributed by atoms with E-state index in [-0.39, 0.29) is 6.61 Å². The number of carbonyl (C=O) groups is 2. The maximum absolute atomic E-state index is 10.7. The summed E-state index contributed by atoms with van der Waals surface area (Å²) in [5.41, 5.74) is 5.09. The van der Waals surface area contributed by atoms with Gasteiger partial charge in [0.15, 0.2) is 0 Å². The fourth-order valence-electron chi connectivity index (χ4n) is 0.335. The van der Waals surface area contributed by atoms with Gasteiger partial charge in [-0.15, -0.1) is 0 Å². The van der Waals surface area contributed by atoms with Crippen molar-refractivity contribution in [1.82, 2.24) is 0 Å². The SMILES string of the molecule is N[C@@H](CO)C(=O)OCC(Cl)(Cl)Cl.O=C(O)C(F)(F)F. The minimum Gasteiger partial charge on any atom is -0.475 e. The van der Waals surface area contributed by atoms with Crippen LogP contribution in [0, 0.1) is 0 Å². The van der Waals surface area contributed by atoms with Crippen molar-refractivity contribution >= 4 is 46.7 Å². The smallest absolute Gasteiger partial charge is 0.475 e. The van der Waals surface area contributed by atoms with Crippen molar-refractivity contribution in [2.24, 2.45) is 5.73 Å². The number of ether oxygens (including phenoxy) is 1. The summed E-state index contributed by atoms with van der Waals surface area (Å²) in [6.45, 7) is -0.886. The minimum atomic E-state index is -5.08. The Morgan fingerprint density at radius 3 is 1.84 bits per heavy atom. The number of hydrogen-bond donors (Lipinski definition) is 3. The van der Waals surface area contributed by atoms with Crippen LogP contribution in [0.5, 0.6) is 0 Å². The van der Waals surface area contributed by atoms with Crippen LogP contribution in [-0.2, 0) is 14.3 Å². The molecule has 0 saturated heterocycles. The normalized spacial score (nSPS) is 13.1. The van der Waals surface area contributed by atoms with E-state index in [2.05, 4.69) is 4.74 Å². The van der Waals surface area contributed by atoms with Crippen LogP contribution >= 0.6 is 34.8 Å². The highest BCUT2D eigenvalue weighted by molar-refractivity contribution is 6.67. The largest absolute Gasteiger partial charge is 0.490 e. The summed E-state index contributed by atoms with van der Waals surface area (Å²) in [7, 11) is 0. The van der Waals surface area contributed by atoms with Gasteiger partial charge in [0, 0.05) is 0 Å². The molecule has 19 heavy (non-hydrogen) atoms. The van der Waals surface area contributed by atoms with Crippen molar-refractivity contribution in [1.29, 1.82) is 0 Å². The number of carbonyl (C=O) groups excluding carboxylic acids is 1. The van der Waals surface area contributed by atoms with E-state index in [1.165, 1.54) is 0 Å². The first kappa shape index (κ1) is 20.8. The molecule has 0 fully saturated rings. The van der Waals surface area contributed by atoms with E-state index in [0.717, 1.165) is 0 Å². The second-order valence-electron chi connectivity index (χ2n) is 2.81. The number of aliphatic hydroxyl groups is 1. The minimum absolute atomic E-state index is 0.385. The maximum atomic E-state index is 10.7. The Bertz CT molecular complexity index is 307. The summed E-state index contributed by atoms with van der Waals surface area (Å²) < 4.78 is 34.5. The number of alkyl halides is 6. The molecule has 0 bridgehead atoms. The molecule has 4 N–H and O–H groups in total. The Morgan fingerprint density at radius 2 is 1.63 bits per heavy atom. The van der Waals surface area contributed by atoms with Gasteiger partial charge in [-0.1, -0.05) is 34.8 Å². The molecule has 0 aliphatic rings. The third kappa shape index (κ3) is 13.7. The predicted molar refractivity (Wildman–Crippen MR) is 60.0 cm³/mol. The first-order chi connectivity index (χ1) is 8.31. The summed E-state index contributed by atoms with van der Waals surface area (Å²) in [6.07, 6.45) is -5.08. The molecule has 0 saturated carbocycles.